The van der Waals surface area contributed by atoms with E-state index in [2.05, 4.69) is 303 Å². The van der Waals surface area contributed by atoms with E-state index in [1.54, 1.807) is 18.2 Å². The van der Waals surface area contributed by atoms with E-state index in [4.69, 9.17) is 9.72 Å². The van der Waals surface area contributed by atoms with Gasteiger partial charge in [-0.05, 0) is 220 Å². The minimum absolute atomic E-state index is 0. The van der Waals surface area contributed by atoms with Gasteiger partial charge in [-0.3, -0.25) is 4.57 Å². The van der Waals surface area contributed by atoms with Crippen LogP contribution in [-0.4, -0.2) is 18.7 Å². The average Bonchev–Trinajstić information content (AvgIpc) is 1.63. The summed E-state index contributed by atoms with van der Waals surface area (Å²) in [5.41, 5.74) is 20.4. The monoisotopic (exact) mass is 1500 g/mol. The van der Waals surface area contributed by atoms with Crippen molar-refractivity contribution in [2.24, 2.45) is 0 Å². The fraction of sp³-hybridized carbons (Fsp3) is 0.234. The molecular formula is C94H85N5OPt-2. The average molecular weight is 1500 g/mol. The van der Waals surface area contributed by atoms with Crippen molar-refractivity contribution in [2.75, 3.05) is 0 Å². The number of hydrogen-bond acceptors (Lipinski definition) is 2. The topological polar surface area (TPSA) is 40.8 Å². The van der Waals surface area contributed by atoms with Crippen molar-refractivity contribution in [3.63, 3.8) is 0 Å². The van der Waals surface area contributed by atoms with Gasteiger partial charge in [-0.15, -0.1) is 29.7 Å². The molecule has 0 radical (unpaired) electrons. The van der Waals surface area contributed by atoms with E-state index in [0.29, 0.717) is 22.7 Å². The molecule has 15 aromatic rings. The van der Waals surface area contributed by atoms with Crippen LogP contribution in [0.25, 0.3) is 133 Å². The molecule has 0 unspecified atom stereocenters. The second-order valence-corrected chi connectivity index (χ2v) is 32.3. The molecule has 0 N–H and O–H groups in total. The number of rotatable bonds is 7. The van der Waals surface area contributed by atoms with Crippen LogP contribution in [0.2, 0.25) is 0 Å². The van der Waals surface area contributed by atoms with Crippen LogP contribution in [0, 0.1) is 32.2 Å². The predicted molar refractivity (Wildman–Crippen MR) is 416 cm³/mol. The van der Waals surface area contributed by atoms with Crippen LogP contribution < -0.4 is 9.30 Å². The summed E-state index contributed by atoms with van der Waals surface area (Å²) < 4.78 is 71.5. The first-order chi connectivity index (χ1) is 50.2. The Morgan fingerprint density at radius 2 is 1.00 bits per heavy atom. The Morgan fingerprint density at radius 1 is 0.455 bits per heavy atom. The first-order valence-electron chi connectivity index (χ1n) is 38.1. The second kappa shape index (κ2) is 23.6. The van der Waals surface area contributed by atoms with Gasteiger partial charge in [0, 0.05) is 69.0 Å². The first kappa shape index (κ1) is 58.9. The normalized spacial score (nSPS) is 15.2. The SMILES string of the molecule is [2H]C([2H])([2H])c1cccc(C([2H])([2H])[2H])c1-c1cc(-c2cc(C(C)(C)C)cc(C(C)(C)C)c2)c2c(c1)-c1cc3c(cc1-c1ccccc1-c1cc(-n4c5ccccc5c5ccccc54)cc4c1[n+]-2[c-]n4-c1[c-]c(Oc2[c-]c4c(cc2)c2ccccc2n4-c2cc(C(C)(C)C)ccn2)ccc1)C(C)(C)CCC3(C)C.[Pt]. The van der Waals surface area contributed by atoms with Crippen molar-refractivity contribution in [3.05, 3.63) is 276 Å². The number of imidazole rings is 1. The largest absolute Gasteiger partial charge is 0.510 e. The Balaban J connectivity index is 0.00000876. The molecule has 17 rings (SSSR count). The van der Waals surface area contributed by atoms with Crippen molar-refractivity contribution >= 4 is 54.6 Å². The summed E-state index contributed by atoms with van der Waals surface area (Å²) in [4.78, 5) is 4.97. The minimum atomic E-state index is -2.70. The van der Waals surface area contributed by atoms with Gasteiger partial charge >= 0.3 is 0 Å². The number of pyridine rings is 1. The maximum absolute atomic E-state index is 9.25. The van der Waals surface area contributed by atoms with E-state index in [0.717, 1.165) is 140 Å². The number of hydrogen-bond donors (Lipinski definition) is 0. The molecule has 0 bridgehead atoms. The summed E-state index contributed by atoms with van der Waals surface area (Å²) >= 11 is 0. The van der Waals surface area contributed by atoms with Crippen molar-refractivity contribution in [2.45, 2.75) is 144 Å². The second-order valence-electron chi connectivity index (χ2n) is 32.3. The number of para-hydroxylation sites is 3. The zero-order valence-corrected chi connectivity index (χ0v) is 61.9. The van der Waals surface area contributed by atoms with E-state index in [1.807, 2.05) is 24.4 Å². The molecule has 11 aromatic carbocycles. The summed E-state index contributed by atoms with van der Waals surface area (Å²) in [7, 11) is 0. The van der Waals surface area contributed by atoms with Crippen LogP contribution in [0.3, 0.4) is 0 Å². The molecule has 0 atom stereocenters. The fourth-order valence-electron chi connectivity index (χ4n) is 16.0. The molecule has 4 aromatic heterocycles. The van der Waals surface area contributed by atoms with E-state index < -0.39 is 13.7 Å². The zero-order valence-electron chi connectivity index (χ0n) is 65.7. The van der Waals surface area contributed by atoms with Crippen LogP contribution in [0.1, 0.15) is 150 Å². The van der Waals surface area contributed by atoms with Crippen molar-refractivity contribution in [1.29, 1.82) is 0 Å². The molecule has 101 heavy (non-hydrogen) atoms. The maximum atomic E-state index is 9.25. The Hall–Kier alpha value is -9.87. The van der Waals surface area contributed by atoms with Crippen LogP contribution in [0.5, 0.6) is 11.5 Å². The van der Waals surface area contributed by atoms with Gasteiger partial charge in [-0.1, -0.05) is 217 Å². The van der Waals surface area contributed by atoms with Gasteiger partial charge in [-0.2, -0.15) is 18.2 Å². The molecule has 6 nitrogen and oxygen atoms in total. The summed E-state index contributed by atoms with van der Waals surface area (Å²) in [5.74, 6) is 1.75. The summed E-state index contributed by atoms with van der Waals surface area (Å²) in [6.45, 7) is 24.1. The molecule has 0 amide bonds. The molecule has 7 heteroatoms. The third kappa shape index (κ3) is 10.8. The van der Waals surface area contributed by atoms with Crippen LogP contribution >= 0.6 is 0 Å². The Labute approximate surface area is 617 Å². The van der Waals surface area contributed by atoms with Crippen LogP contribution in [0.15, 0.2) is 219 Å². The van der Waals surface area contributed by atoms with Gasteiger partial charge < -0.3 is 18.4 Å². The smallest absolute Gasteiger partial charge is 0.268 e. The first-order valence-corrected chi connectivity index (χ1v) is 35.1. The van der Waals surface area contributed by atoms with Crippen molar-refractivity contribution in [3.8, 4) is 90.0 Å². The number of fused-ring (bicyclic) bond motifs is 14. The van der Waals surface area contributed by atoms with E-state index in [-0.39, 0.29) is 64.8 Å². The zero-order chi connectivity index (χ0) is 74.3. The molecule has 504 valence electrons. The Morgan fingerprint density at radius 3 is 1.61 bits per heavy atom. The van der Waals surface area contributed by atoms with Gasteiger partial charge in [-0.25, -0.2) is 4.98 Å². The van der Waals surface area contributed by atoms with E-state index in [9.17, 15) is 8.22 Å². The number of benzene rings is 11. The van der Waals surface area contributed by atoms with E-state index in [1.165, 1.54) is 16.7 Å². The number of aromatic nitrogens is 5. The van der Waals surface area contributed by atoms with Gasteiger partial charge in [0.2, 0.25) is 0 Å². The molecule has 0 saturated heterocycles. The summed E-state index contributed by atoms with van der Waals surface area (Å²) in [6.07, 6.45) is 7.96. The van der Waals surface area contributed by atoms with Crippen LogP contribution in [0.4, 0.5) is 0 Å². The quantitative estimate of drug-likeness (QED) is 0.118. The predicted octanol–water partition coefficient (Wildman–Crippen LogP) is 24.2. The Bertz CT molecular complexity index is 6060. The van der Waals surface area contributed by atoms with Crippen molar-refractivity contribution < 1.29 is 38.6 Å². The van der Waals surface area contributed by atoms with Gasteiger partial charge in [0.1, 0.15) is 5.82 Å². The van der Waals surface area contributed by atoms with Gasteiger partial charge in [0.05, 0.1) is 27.8 Å². The number of aryl methyl sites for hydroxylation is 2. The molecule has 5 heterocycles. The standard InChI is InChI=1S/C94H85N5O.Pt/c1-57-26-24-27-58(2)87(57)60-46-74(59-44-62(91(6,7)8)48-63(45-59)92(9,10)11)88-77(47-60)76-55-80-79(93(12,13)41-42-94(80,14)15)54-75(76)68-30-16-17-31-69(68)78-51-65(98-81-35-21-18-32-70(81)71-33-19-22-36-82(71)98)52-85-89(78)97(88)56-96(85)64-28-25-29-66(50-64)100-67-38-39-73-72-34-20-23-37-83(72)99(84(73)53-67)86-49-61(40-43-95-86)90(3,4)5;/h16-40,43-49,51-52,54-55H,41-42H2,1-15H3;/q-2;/i1D3,2D3;. The fourth-order valence-corrected chi connectivity index (χ4v) is 16.0. The molecule has 1 aliphatic carbocycles. The minimum Gasteiger partial charge on any atom is -0.510 e. The maximum Gasteiger partial charge on any atom is 0.268 e. The van der Waals surface area contributed by atoms with E-state index >= 15 is 0 Å². The Kier molecular flexibility index (Phi) is 13.8. The van der Waals surface area contributed by atoms with Crippen molar-refractivity contribution in [1.82, 2.24) is 18.7 Å². The molecule has 0 fully saturated rings. The third-order valence-electron chi connectivity index (χ3n) is 21.6. The molecule has 0 spiro atoms. The molecular weight excluding hydrogens is 1410 g/mol. The molecule has 1 aliphatic heterocycles. The van der Waals surface area contributed by atoms with Gasteiger partial charge in [0.25, 0.3) is 6.33 Å². The molecule has 0 saturated carbocycles. The third-order valence-corrected chi connectivity index (χ3v) is 21.6. The molecule has 2 aliphatic rings. The van der Waals surface area contributed by atoms with Gasteiger partial charge in [0.15, 0.2) is 0 Å². The summed E-state index contributed by atoms with van der Waals surface area (Å²) in [5, 5.41) is 4.36. The number of ether oxygens (including phenoxy) is 1. The summed E-state index contributed by atoms with van der Waals surface area (Å²) in [6, 6.07) is 81.6. The van der Waals surface area contributed by atoms with Crippen LogP contribution in [-0.2, 0) is 48.1 Å². The number of nitrogens with zero attached hydrogens (tertiary/aromatic N) is 5.